The number of hydrazine groups is 1. The summed E-state index contributed by atoms with van der Waals surface area (Å²) in [6, 6.07) is 0. The first-order chi connectivity index (χ1) is 13.8. The average Bonchev–Trinajstić information content (AvgIpc) is 2.67. The van der Waals surface area contributed by atoms with Crippen LogP contribution in [0.5, 0.6) is 0 Å². The van der Waals surface area contributed by atoms with Gasteiger partial charge in [-0.2, -0.15) is 5.10 Å². The lowest BCUT2D eigenvalue weighted by Crippen LogP contribution is -2.57. The van der Waals surface area contributed by atoms with Crippen molar-refractivity contribution in [1.82, 2.24) is 5.12 Å². The molecular formula is C24H42N4O. The number of fused-ring (bicyclic) bond motifs is 5. The van der Waals surface area contributed by atoms with Crippen molar-refractivity contribution in [2.75, 3.05) is 6.54 Å². The SMILES string of the molecule is C[C@H]1CC[C@@]2(C)C(CC[C@@H]3C2CC[C@@]2(C)C3CCC[C@@H]2C(=O)CN(N)/N=C\N)C1. The first kappa shape index (κ1) is 21.1. The maximum atomic E-state index is 13.2. The Morgan fingerprint density at radius 3 is 2.55 bits per heavy atom. The molecule has 8 atom stereocenters. The van der Waals surface area contributed by atoms with Crippen LogP contribution in [0.15, 0.2) is 5.10 Å². The minimum absolute atomic E-state index is 0.123. The summed E-state index contributed by atoms with van der Waals surface area (Å²) in [6.07, 6.45) is 14.3. The molecule has 0 aliphatic heterocycles. The zero-order valence-electron chi connectivity index (χ0n) is 18.8. The van der Waals surface area contributed by atoms with Crippen molar-refractivity contribution in [1.29, 1.82) is 0 Å². The van der Waals surface area contributed by atoms with E-state index in [1.165, 1.54) is 62.9 Å². The molecule has 4 rings (SSSR count). The van der Waals surface area contributed by atoms with Crippen LogP contribution >= 0.6 is 0 Å². The van der Waals surface area contributed by atoms with E-state index < -0.39 is 0 Å². The number of hydrogen-bond acceptors (Lipinski definition) is 4. The van der Waals surface area contributed by atoms with Gasteiger partial charge in [-0.3, -0.25) is 4.79 Å². The van der Waals surface area contributed by atoms with Gasteiger partial charge in [0.1, 0.15) is 12.9 Å². The molecule has 164 valence electrons. The third-order valence-corrected chi connectivity index (χ3v) is 10.1. The average molecular weight is 403 g/mol. The highest BCUT2D eigenvalue weighted by atomic mass is 16.1. The second kappa shape index (κ2) is 7.86. The topological polar surface area (TPSA) is 84.7 Å². The molecule has 4 aliphatic carbocycles. The number of Topliss-reactive ketones (excluding diaryl/α,β-unsaturated/α-hetero) is 1. The van der Waals surface area contributed by atoms with Gasteiger partial charge in [0.25, 0.3) is 0 Å². The van der Waals surface area contributed by atoms with E-state index in [-0.39, 0.29) is 23.7 Å². The highest BCUT2D eigenvalue weighted by Crippen LogP contribution is 2.66. The Balaban J connectivity index is 1.54. The van der Waals surface area contributed by atoms with Crippen molar-refractivity contribution in [3.63, 3.8) is 0 Å². The Hall–Kier alpha value is -1.10. The summed E-state index contributed by atoms with van der Waals surface area (Å²) < 4.78 is 0. The van der Waals surface area contributed by atoms with Crippen molar-refractivity contribution >= 4 is 12.1 Å². The van der Waals surface area contributed by atoms with Gasteiger partial charge in [0.15, 0.2) is 5.78 Å². The fraction of sp³-hybridized carbons (Fsp3) is 0.917. The van der Waals surface area contributed by atoms with Crippen molar-refractivity contribution in [2.45, 2.75) is 85.0 Å². The zero-order chi connectivity index (χ0) is 20.8. The van der Waals surface area contributed by atoms with Crippen LogP contribution in [0.25, 0.3) is 0 Å². The van der Waals surface area contributed by atoms with Crippen LogP contribution in [0, 0.1) is 46.3 Å². The smallest absolute Gasteiger partial charge is 0.159 e. The summed E-state index contributed by atoms with van der Waals surface area (Å²) in [6.45, 7) is 7.69. The largest absolute Gasteiger partial charge is 0.388 e. The Labute approximate surface area is 177 Å². The molecule has 0 spiro atoms. The van der Waals surface area contributed by atoms with E-state index in [1.54, 1.807) is 0 Å². The molecule has 0 aromatic rings. The number of rotatable bonds is 4. The molecule has 0 radical (unpaired) electrons. The summed E-state index contributed by atoms with van der Waals surface area (Å²) in [7, 11) is 0. The van der Waals surface area contributed by atoms with Gasteiger partial charge in [0.05, 0.1) is 0 Å². The molecule has 0 heterocycles. The van der Waals surface area contributed by atoms with E-state index in [9.17, 15) is 4.79 Å². The van der Waals surface area contributed by atoms with E-state index in [1.807, 2.05) is 0 Å². The van der Waals surface area contributed by atoms with E-state index in [0.29, 0.717) is 11.3 Å². The normalized spacial score (nSPS) is 47.2. The summed E-state index contributed by atoms with van der Waals surface area (Å²) in [5.41, 5.74) is 6.01. The van der Waals surface area contributed by atoms with Gasteiger partial charge in [0.2, 0.25) is 0 Å². The number of nitrogens with zero attached hydrogens (tertiary/aromatic N) is 2. The molecular weight excluding hydrogens is 360 g/mol. The molecule has 29 heavy (non-hydrogen) atoms. The second-order valence-corrected chi connectivity index (χ2v) is 11.4. The molecule has 4 fully saturated rings. The molecule has 0 aromatic carbocycles. The predicted molar refractivity (Wildman–Crippen MR) is 118 cm³/mol. The van der Waals surface area contributed by atoms with Crippen molar-refractivity contribution in [2.24, 2.45) is 63.0 Å². The van der Waals surface area contributed by atoms with Crippen LogP contribution < -0.4 is 11.6 Å². The van der Waals surface area contributed by atoms with E-state index in [4.69, 9.17) is 11.6 Å². The Morgan fingerprint density at radius 2 is 1.79 bits per heavy atom. The quantitative estimate of drug-likeness (QED) is 0.317. The van der Waals surface area contributed by atoms with Crippen LogP contribution in [-0.2, 0) is 4.79 Å². The Morgan fingerprint density at radius 1 is 1.07 bits per heavy atom. The number of carbonyl (C=O) groups excluding carboxylic acids is 1. The summed E-state index contributed by atoms with van der Waals surface area (Å²) in [5, 5.41) is 5.06. The highest BCUT2D eigenvalue weighted by molar-refractivity contribution is 5.84. The van der Waals surface area contributed by atoms with Crippen LogP contribution in [0.4, 0.5) is 0 Å². The highest BCUT2D eigenvalue weighted by Gasteiger charge is 2.59. The monoisotopic (exact) mass is 402 g/mol. The second-order valence-electron chi connectivity index (χ2n) is 11.4. The molecule has 0 bridgehead atoms. The number of hydrogen-bond donors (Lipinski definition) is 2. The van der Waals surface area contributed by atoms with Crippen LogP contribution in [0.3, 0.4) is 0 Å². The Kier molecular flexibility index (Phi) is 5.73. The molecule has 4 aliphatic rings. The minimum atomic E-state index is 0.123. The zero-order valence-corrected chi connectivity index (χ0v) is 18.8. The number of nitrogens with two attached hydrogens (primary N) is 2. The van der Waals surface area contributed by atoms with E-state index in [2.05, 4.69) is 25.9 Å². The number of ketones is 1. The fourth-order valence-corrected chi connectivity index (χ4v) is 8.59. The third-order valence-electron chi connectivity index (χ3n) is 10.1. The molecule has 0 amide bonds. The first-order valence-corrected chi connectivity index (χ1v) is 12.1. The minimum Gasteiger partial charge on any atom is -0.388 e. The van der Waals surface area contributed by atoms with Crippen molar-refractivity contribution in [3.05, 3.63) is 0 Å². The third kappa shape index (κ3) is 3.51. The molecule has 0 aromatic heterocycles. The number of hydrazone groups is 1. The van der Waals surface area contributed by atoms with Crippen LogP contribution in [-0.4, -0.2) is 23.8 Å². The molecule has 4 saturated carbocycles. The summed E-state index contributed by atoms with van der Waals surface area (Å²) in [4.78, 5) is 13.2. The van der Waals surface area contributed by atoms with Gasteiger partial charge < -0.3 is 5.73 Å². The molecule has 3 unspecified atom stereocenters. The molecule has 5 heteroatoms. The van der Waals surface area contributed by atoms with Gasteiger partial charge in [-0.15, -0.1) is 0 Å². The van der Waals surface area contributed by atoms with Crippen molar-refractivity contribution < 1.29 is 4.79 Å². The van der Waals surface area contributed by atoms with E-state index >= 15 is 0 Å². The molecule has 0 saturated heterocycles. The Bertz CT molecular complexity index is 651. The lowest BCUT2D eigenvalue weighted by atomic mass is 9.41. The van der Waals surface area contributed by atoms with Crippen LogP contribution in [0.1, 0.15) is 85.0 Å². The lowest BCUT2D eigenvalue weighted by molar-refractivity contribution is -0.157. The predicted octanol–water partition coefficient (Wildman–Crippen LogP) is 4.32. The lowest BCUT2D eigenvalue weighted by Gasteiger charge is -2.63. The first-order valence-electron chi connectivity index (χ1n) is 12.1. The van der Waals surface area contributed by atoms with Gasteiger partial charge in [-0.25, -0.2) is 11.0 Å². The molecule has 5 nitrogen and oxygen atoms in total. The van der Waals surface area contributed by atoms with Crippen LogP contribution in [0.2, 0.25) is 0 Å². The maximum Gasteiger partial charge on any atom is 0.159 e. The van der Waals surface area contributed by atoms with E-state index in [0.717, 1.165) is 36.4 Å². The van der Waals surface area contributed by atoms with Gasteiger partial charge in [0, 0.05) is 5.92 Å². The van der Waals surface area contributed by atoms with Gasteiger partial charge >= 0.3 is 0 Å². The number of carbonyl (C=O) groups is 1. The van der Waals surface area contributed by atoms with Gasteiger partial charge in [-0.05, 0) is 91.8 Å². The van der Waals surface area contributed by atoms with Gasteiger partial charge in [-0.1, -0.05) is 33.6 Å². The fourth-order valence-electron chi connectivity index (χ4n) is 8.59. The summed E-state index contributed by atoms with van der Waals surface area (Å²) in [5.74, 6) is 10.4. The summed E-state index contributed by atoms with van der Waals surface area (Å²) >= 11 is 0. The maximum absolute atomic E-state index is 13.2. The standard InChI is InChI=1S/C24H42N4O/c1-16-9-11-23(2)17(13-16)7-8-18-19-5-4-6-21(22(29)14-28(26)27-15-25)24(19,3)12-10-20(18)23/h15-21H,4-14,26H2,1-3H3,(H2,25,27)/t16-,17?,18-,19?,20?,21+,23-,24-/m0/s1. The van der Waals surface area contributed by atoms with Crippen molar-refractivity contribution in [3.8, 4) is 0 Å². The molecule has 4 N–H and O–H groups in total.